The van der Waals surface area contributed by atoms with Gasteiger partial charge in [-0.25, -0.2) is 9.97 Å². The molecule has 3 aromatic rings. The molecule has 0 spiro atoms. The second-order valence-electron chi connectivity index (χ2n) is 6.56. The topological polar surface area (TPSA) is 66.9 Å². The Morgan fingerprint density at radius 2 is 1.44 bits per heavy atom. The van der Waals surface area contributed by atoms with Gasteiger partial charge in [0.05, 0.1) is 0 Å². The molecule has 1 atom stereocenters. The van der Waals surface area contributed by atoms with E-state index in [1.165, 1.54) is 0 Å². The van der Waals surface area contributed by atoms with E-state index in [-0.39, 0.29) is 5.91 Å². The van der Waals surface area contributed by atoms with Gasteiger partial charge in [-0.3, -0.25) is 4.79 Å². The molecule has 0 saturated heterocycles. The van der Waals surface area contributed by atoms with Crippen LogP contribution in [0.2, 0.25) is 0 Å². The van der Waals surface area contributed by atoms with Gasteiger partial charge in [-0.2, -0.15) is 0 Å². The Kier molecular flexibility index (Phi) is 6.15. The Labute approximate surface area is 159 Å². The van der Waals surface area contributed by atoms with Crippen molar-refractivity contribution in [3.8, 4) is 0 Å². The fraction of sp³-hybridized carbons (Fsp3) is 0.227. The van der Waals surface area contributed by atoms with E-state index in [9.17, 15) is 4.79 Å². The summed E-state index contributed by atoms with van der Waals surface area (Å²) in [7, 11) is 0. The quantitative estimate of drug-likeness (QED) is 0.677. The summed E-state index contributed by atoms with van der Waals surface area (Å²) < 4.78 is 0. The third kappa shape index (κ3) is 5.64. The van der Waals surface area contributed by atoms with Gasteiger partial charge in [0.1, 0.15) is 6.04 Å². The molecule has 27 heavy (non-hydrogen) atoms. The van der Waals surface area contributed by atoms with Crippen LogP contribution in [0.4, 0.5) is 5.95 Å². The number of aryl methyl sites for hydroxylation is 2. The summed E-state index contributed by atoms with van der Waals surface area (Å²) in [5.74, 6) is 0.397. The molecule has 0 saturated carbocycles. The molecule has 1 heterocycles. The van der Waals surface area contributed by atoms with Crippen LogP contribution in [0.3, 0.4) is 0 Å². The van der Waals surface area contributed by atoms with Crippen LogP contribution in [0.25, 0.3) is 0 Å². The van der Waals surface area contributed by atoms with E-state index in [1.807, 2.05) is 80.6 Å². The number of hydrogen-bond acceptors (Lipinski definition) is 4. The average molecular weight is 360 g/mol. The molecular formula is C22H24N4O. The lowest BCUT2D eigenvalue weighted by Gasteiger charge is -2.19. The zero-order chi connectivity index (χ0) is 19.1. The van der Waals surface area contributed by atoms with Gasteiger partial charge in [0.2, 0.25) is 11.9 Å². The second kappa shape index (κ2) is 8.94. The number of rotatable bonds is 7. The van der Waals surface area contributed by atoms with Crippen LogP contribution in [-0.4, -0.2) is 21.9 Å². The minimum atomic E-state index is -0.461. The third-order valence-corrected chi connectivity index (χ3v) is 4.19. The number of carbonyl (C=O) groups excluding carboxylic acids is 1. The average Bonchev–Trinajstić information content (AvgIpc) is 2.66. The molecule has 1 aromatic heterocycles. The molecule has 1 amide bonds. The third-order valence-electron chi connectivity index (χ3n) is 4.19. The van der Waals surface area contributed by atoms with Crippen molar-refractivity contribution >= 4 is 11.9 Å². The fourth-order valence-electron chi connectivity index (χ4n) is 2.91. The van der Waals surface area contributed by atoms with Crippen LogP contribution >= 0.6 is 0 Å². The van der Waals surface area contributed by atoms with Crippen molar-refractivity contribution in [2.45, 2.75) is 32.9 Å². The van der Waals surface area contributed by atoms with Gasteiger partial charge in [0, 0.05) is 24.4 Å². The smallest absolute Gasteiger partial charge is 0.243 e. The Hall–Kier alpha value is -3.21. The fourth-order valence-corrected chi connectivity index (χ4v) is 2.91. The summed E-state index contributed by atoms with van der Waals surface area (Å²) in [6.07, 6.45) is 0.553. The van der Waals surface area contributed by atoms with Crippen LogP contribution < -0.4 is 10.6 Å². The first-order chi connectivity index (χ1) is 13.1. The van der Waals surface area contributed by atoms with Crippen LogP contribution in [0.5, 0.6) is 0 Å². The molecule has 2 N–H and O–H groups in total. The zero-order valence-electron chi connectivity index (χ0n) is 15.6. The molecule has 5 heteroatoms. The SMILES string of the molecule is Cc1cc(C)nc(N[C@H](Cc2ccccc2)C(=O)NCc2ccccc2)n1. The van der Waals surface area contributed by atoms with Crippen molar-refractivity contribution in [3.05, 3.63) is 89.2 Å². The van der Waals surface area contributed by atoms with Crippen LogP contribution in [-0.2, 0) is 17.8 Å². The molecular weight excluding hydrogens is 336 g/mol. The van der Waals surface area contributed by atoms with Crippen molar-refractivity contribution in [2.75, 3.05) is 5.32 Å². The number of nitrogens with zero attached hydrogens (tertiary/aromatic N) is 2. The Morgan fingerprint density at radius 1 is 0.889 bits per heavy atom. The Bertz CT molecular complexity index is 861. The van der Waals surface area contributed by atoms with Gasteiger partial charge < -0.3 is 10.6 Å². The normalized spacial score (nSPS) is 11.6. The number of hydrogen-bond donors (Lipinski definition) is 2. The second-order valence-corrected chi connectivity index (χ2v) is 6.56. The van der Waals surface area contributed by atoms with Gasteiger partial charge in [0.25, 0.3) is 0 Å². The van der Waals surface area contributed by atoms with Crippen molar-refractivity contribution in [1.29, 1.82) is 0 Å². The monoisotopic (exact) mass is 360 g/mol. The first kappa shape index (κ1) is 18.6. The number of carbonyl (C=O) groups is 1. The van der Waals surface area contributed by atoms with Gasteiger partial charge in [0.15, 0.2) is 0 Å². The summed E-state index contributed by atoms with van der Waals surface area (Å²) >= 11 is 0. The minimum Gasteiger partial charge on any atom is -0.350 e. The van der Waals surface area contributed by atoms with E-state index in [1.54, 1.807) is 0 Å². The van der Waals surface area contributed by atoms with Gasteiger partial charge in [-0.05, 0) is 31.0 Å². The maximum Gasteiger partial charge on any atom is 0.243 e. The summed E-state index contributed by atoms with van der Waals surface area (Å²) in [5, 5.41) is 6.22. The van der Waals surface area contributed by atoms with Crippen molar-refractivity contribution in [1.82, 2.24) is 15.3 Å². The summed E-state index contributed by atoms with van der Waals surface area (Å²) in [6.45, 7) is 4.32. The van der Waals surface area contributed by atoms with E-state index in [0.29, 0.717) is 18.9 Å². The number of benzene rings is 2. The molecule has 3 rings (SSSR count). The molecule has 2 aromatic carbocycles. The molecule has 0 radical (unpaired) electrons. The van der Waals surface area contributed by atoms with Crippen LogP contribution in [0.15, 0.2) is 66.7 Å². The van der Waals surface area contributed by atoms with E-state index >= 15 is 0 Å². The molecule has 0 aliphatic rings. The number of aromatic nitrogens is 2. The van der Waals surface area contributed by atoms with Crippen molar-refractivity contribution < 1.29 is 4.79 Å². The largest absolute Gasteiger partial charge is 0.350 e. The summed E-state index contributed by atoms with van der Waals surface area (Å²) in [5.41, 5.74) is 3.88. The van der Waals surface area contributed by atoms with Crippen LogP contribution in [0, 0.1) is 13.8 Å². The highest BCUT2D eigenvalue weighted by atomic mass is 16.2. The first-order valence-electron chi connectivity index (χ1n) is 9.04. The zero-order valence-corrected chi connectivity index (χ0v) is 15.6. The molecule has 0 bridgehead atoms. The molecule has 0 unspecified atom stereocenters. The van der Waals surface area contributed by atoms with Gasteiger partial charge in [-0.15, -0.1) is 0 Å². The molecule has 5 nitrogen and oxygen atoms in total. The van der Waals surface area contributed by atoms with Crippen molar-refractivity contribution in [3.63, 3.8) is 0 Å². The maximum atomic E-state index is 12.9. The minimum absolute atomic E-state index is 0.0783. The lowest BCUT2D eigenvalue weighted by molar-refractivity contribution is -0.122. The summed E-state index contributed by atoms with van der Waals surface area (Å²) in [6, 6.07) is 21.3. The standard InChI is InChI=1S/C22H24N4O/c1-16-13-17(2)25-22(24-16)26-20(14-18-9-5-3-6-10-18)21(27)23-15-19-11-7-4-8-12-19/h3-13,20H,14-15H2,1-2H3,(H,23,27)(H,24,25,26)/t20-/m1/s1. The van der Waals surface area contributed by atoms with E-state index in [2.05, 4.69) is 20.6 Å². The summed E-state index contributed by atoms with van der Waals surface area (Å²) in [4.78, 5) is 21.7. The number of nitrogens with one attached hydrogen (secondary N) is 2. The van der Waals surface area contributed by atoms with E-state index < -0.39 is 6.04 Å². The van der Waals surface area contributed by atoms with E-state index in [4.69, 9.17) is 0 Å². The highest BCUT2D eigenvalue weighted by Gasteiger charge is 2.20. The lowest BCUT2D eigenvalue weighted by atomic mass is 10.1. The number of anilines is 1. The highest BCUT2D eigenvalue weighted by Crippen LogP contribution is 2.10. The predicted octanol–water partition coefficient (Wildman–Crippen LogP) is 3.43. The number of amides is 1. The van der Waals surface area contributed by atoms with E-state index in [0.717, 1.165) is 22.5 Å². The molecule has 138 valence electrons. The highest BCUT2D eigenvalue weighted by molar-refractivity contribution is 5.84. The first-order valence-corrected chi connectivity index (χ1v) is 9.04. The van der Waals surface area contributed by atoms with Crippen LogP contribution in [0.1, 0.15) is 22.5 Å². The Morgan fingerprint density at radius 3 is 2.04 bits per heavy atom. The molecule has 0 aliphatic carbocycles. The van der Waals surface area contributed by atoms with Gasteiger partial charge in [-0.1, -0.05) is 60.7 Å². The maximum absolute atomic E-state index is 12.9. The Balaban J connectivity index is 1.74. The lowest BCUT2D eigenvalue weighted by Crippen LogP contribution is -2.41. The van der Waals surface area contributed by atoms with Gasteiger partial charge >= 0.3 is 0 Å². The van der Waals surface area contributed by atoms with Crippen molar-refractivity contribution in [2.24, 2.45) is 0 Å². The predicted molar refractivity (Wildman–Crippen MR) is 107 cm³/mol. The molecule has 0 fully saturated rings. The molecule has 0 aliphatic heterocycles.